The summed E-state index contributed by atoms with van der Waals surface area (Å²) in [7, 11) is 2.83. The van der Waals surface area contributed by atoms with E-state index in [9.17, 15) is 14.7 Å². The fourth-order valence-corrected chi connectivity index (χ4v) is 2.07. The second kappa shape index (κ2) is 4.64. The summed E-state index contributed by atoms with van der Waals surface area (Å²) in [5.41, 5.74) is 0.949. The van der Waals surface area contributed by atoms with Gasteiger partial charge in [0.15, 0.2) is 0 Å². The molecule has 0 spiro atoms. The molecule has 1 N–H and O–H groups in total. The lowest BCUT2D eigenvalue weighted by Crippen LogP contribution is -2.06. The zero-order chi connectivity index (χ0) is 14.2. The Kier molecular flexibility index (Phi) is 3.16. The Morgan fingerprint density at radius 2 is 2.11 bits per heavy atom. The van der Waals surface area contributed by atoms with Crippen molar-refractivity contribution in [2.45, 2.75) is 6.92 Å². The molecule has 0 aromatic carbocycles. The number of aromatic nitrogens is 1. The number of hydrogen-bond acceptors (Lipinski definition) is 4. The number of furan rings is 1. The van der Waals surface area contributed by atoms with E-state index >= 15 is 0 Å². The van der Waals surface area contributed by atoms with Crippen molar-refractivity contribution in [2.24, 2.45) is 7.05 Å². The number of nitrogens with zero attached hydrogens (tertiary/aromatic N) is 1. The molecule has 0 unspecified atom stereocenters. The lowest BCUT2D eigenvalue weighted by molar-refractivity contribution is 0.0600. The lowest BCUT2D eigenvalue weighted by atomic mass is 10.1. The van der Waals surface area contributed by atoms with E-state index in [1.54, 1.807) is 26.1 Å². The third-order valence-corrected chi connectivity index (χ3v) is 3.05. The molecule has 0 fully saturated rings. The average molecular weight is 263 g/mol. The van der Waals surface area contributed by atoms with Crippen molar-refractivity contribution in [1.29, 1.82) is 0 Å². The first kappa shape index (κ1) is 12.9. The van der Waals surface area contributed by atoms with Crippen LogP contribution in [0.25, 0.3) is 11.3 Å². The Labute approximate surface area is 109 Å². The van der Waals surface area contributed by atoms with Crippen molar-refractivity contribution in [1.82, 2.24) is 4.57 Å². The zero-order valence-electron chi connectivity index (χ0n) is 10.8. The maximum atomic E-state index is 11.9. The molecule has 6 heteroatoms. The molecule has 2 aromatic rings. The van der Waals surface area contributed by atoms with Gasteiger partial charge in [-0.2, -0.15) is 0 Å². The third-order valence-electron chi connectivity index (χ3n) is 3.05. The van der Waals surface area contributed by atoms with Crippen LogP contribution in [0, 0.1) is 6.92 Å². The van der Waals surface area contributed by atoms with E-state index < -0.39 is 11.9 Å². The van der Waals surface area contributed by atoms with Crippen LogP contribution in [-0.2, 0) is 11.8 Å². The number of hydrogen-bond donors (Lipinski definition) is 1. The molecule has 2 aromatic heterocycles. The topological polar surface area (TPSA) is 81.7 Å². The van der Waals surface area contributed by atoms with Gasteiger partial charge >= 0.3 is 11.9 Å². The molecule has 100 valence electrons. The minimum absolute atomic E-state index is 0.00662. The molecule has 0 aliphatic rings. The number of carbonyl (C=O) groups is 2. The van der Waals surface area contributed by atoms with E-state index in [1.165, 1.54) is 17.9 Å². The van der Waals surface area contributed by atoms with Crippen molar-refractivity contribution < 1.29 is 23.8 Å². The van der Waals surface area contributed by atoms with E-state index in [4.69, 9.17) is 9.15 Å². The minimum Gasteiger partial charge on any atom is -0.477 e. The van der Waals surface area contributed by atoms with Gasteiger partial charge in [0.25, 0.3) is 0 Å². The molecule has 2 heterocycles. The summed E-state index contributed by atoms with van der Waals surface area (Å²) in [6.45, 7) is 1.66. The molecule has 6 nitrogen and oxygen atoms in total. The summed E-state index contributed by atoms with van der Waals surface area (Å²) in [6.07, 6.45) is 1.42. The van der Waals surface area contributed by atoms with Crippen LogP contribution < -0.4 is 0 Å². The summed E-state index contributed by atoms with van der Waals surface area (Å²) in [4.78, 5) is 23.3. The lowest BCUT2D eigenvalue weighted by Gasteiger charge is -2.02. The minimum atomic E-state index is -1.13. The van der Waals surface area contributed by atoms with Gasteiger partial charge in [-0.3, -0.25) is 0 Å². The van der Waals surface area contributed by atoms with Gasteiger partial charge in [-0.25, -0.2) is 9.59 Å². The fraction of sp³-hybridized carbons (Fsp3) is 0.231. The van der Waals surface area contributed by atoms with E-state index in [1.807, 2.05) is 0 Å². The molecule has 19 heavy (non-hydrogen) atoms. The van der Waals surface area contributed by atoms with E-state index in [-0.39, 0.29) is 16.8 Å². The first-order valence-corrected chi connectivity index (χ1v) is 5.53. The molecular formula is C13H13NO5. The van der Waals surface area contributed by atoms with Crippen molar-refractivity contribution in [3.05, 3.63) is 35.3 Å². The highest BCUT2D eigenvalue weighted by molar-refractivity contribution is 6.05. The first-order valence-electron chi connectivity index (χ1n) is 5.53. The highest BCUT2D eigenvalue weighted by Gasteiger charge is 2.30. The molecule has 2 rings (SSSR count). The Morgan fingerprint density at radius 1 is 1.42 bits per heavy atom. The SMILES string of the molecule is COC(=O)c1c(-c2ccco2)c(C(=O)O)n(C)c1C. The van der Waals surface area contributed by atoms with Crippen LogP contribution >= 0.6 is 0 Å². The number of rotatable bonds is 3. The third kappa shape index (κ3) is 1.91. The molecule has 0 atom stereocenters. The summed E-state index contributed by atoms with van der Waals surface area (Å²) in [5.74, 6) is -1.40. The smallest absolute Gasteiger partial charge is 0.353 e. The molecular weight excluding hydrogens is 250 g/mol. The van der Waals surface area contributed by atoms with E-state index in [0.29, 0.717) is 11.5 Å². The summed E-state index contributed by atoms with van der Waals surface area (Å²) < 4.78 is 11.4. The van der Waals surface area contributed by atoms with Gasteiger partial charge in [0.2, 0.25) is 0 Å². The number of esters is 1. The number of methoxy groups -OCH3 is 1. The van der Waals surface area contributed by atoms with E-state index in [0.717, 1.165) is 0 Å². The second-order valence-corrected chi connectivity index (χ2v) is 4.02. The van der Waals surface area contributed by atoms with Gasteiger partial charge in [-0.05, 0) is 19.1 Å². The Bertz CT molecular complexity index is 637. The Morgan fingerprint density at radius 3 is 2.58 bits per heavy atom. The van der Waals surface area contributed by atoms with Gasteiger partial charge in [0.1, 0.15) is 11.5 Å². The van der Waals surface area contributed by atoms with Gasteiger partial charge in [0, 0.05) is 12.7 Å². The predicted molar refractivity (Wildman–Crippen MR) is 66.2 cm³/mol. The summed E-state index contributed by atoms with van der Waals surface area (Å²) in [6, 6.07) is 3.23. The Hall–Kier alpha value is -2.50. The highest BCUT2D eigenvalue weighted by atomic mass is 16.5. The largest absolute Gasteiger partial charge is 0.477 e. The number of aromatic carboxylic acids is 1. The van der Waals surface area contributed by atoms with Crippen molar-refractivity contribution >= 4 is 11.9 Å². The average Bonchev–Trinajstić information content (AvgIpc) is 2.96. The maximum absolute atomic E-state index is 11.9. The molecule has 0 bridgehead atoms. The van der Waals surface area contributed by atoms with Crippen LogP contribution in [0.2, 0.25) is 0 Å². The highest BCUT2D eigenvalue weighted by Crippen LogP contribution is 2.33. The molecule has 0 amide bonds. The van der Waals surface area contributed by atoms with Crippen LogP contribution in [0.1, 0.15) is 26.5 Å². The quantitative estimate of drug-likeness (QED) is 0.857. The fourth-order valence-electron chi connectivity index (χ4n) is 2.07. The van der Waals surface area contributed by atoms with E-state index in [2.05, 4.69) is 0 Å². The molecule has 0 aliphatic carbocycles. The van der Waals surface area contributed by atoms with Gasteiger partial charge in [-0.1, -0.05) is 0 Å². The van der Waals surface area contributed by atoms with Gasteiger partial charge < -0.3 is 18.8 Å². The number of ether oxygens (including phenoxy) is 1. The first-order chi connectivity index (χ1) is 8.99. The van der Waals surface area contributed by atoms with Crippen LogP contribution in [0.4, 0.5) is 0 Å². The monoisotopic (exact) mass is 263 g/mol. The van der Waals surface area contributed by atoms with Crippen LogP contribution in [0.5, 0.6) is 0 Å². The van der Waals surface area contributed by atoms with Crippen molar-refractivity contribution in [2.75, 3.05) is 7.11 Å². The molecule has 0 saturated heterocycles. The maximum Gasteiger partial charge on any atom is 0.353 e. The number of carbonyl (C=O) groups excluding carboxylic acids is 1. The van der Waals surface area contributed by atoms with Crippen LogP contribution in [0.15, 0.2) is 22.8 Å². The number of carboxylic acids is 1. The summed E-state index contributed by atoms with van der Waals surface area (Å²) in [5, 5.41) is 9.32. The molecule has 0 aliphatic heterocycles. The summed E-state index contributed by atoms with van der Waals surface area (Å²) >= 11 is 0. The molecule has 0 saturated carbocycles. The van der Waals surface area contributed by atoms with Gasteiger partial charge in [-0.15, -0.1) is 0 Å². The predicted octanol–water partition coefficient (Wildman–Crippen LogP) is 2.08. The molecule has 0 radical (unpaired) electrons. The van der Waals surface area contributed by atoms with Crippen molar-refractivity contribution in [3.63, 3.8) is 0 Å². The van der Waals surface area contributed by atoms with Crippen LogP contribution in [0.3, 0.4) is 0 Å². The van der Waals surface area contributed by atoms with Crippen LogP contribution in [-0.4, -0.2) is 28.7 Å². The number of carboxylic acid groups (broad SMARTS) is 1. The standard InChI is InChI=1S/C13H13NO5/c1-7-9(13(17)18-3)10(8-5-4-6-19-8)11(12(15)16)14(7)2/h4-6H,1-3H3,(H,15,16). The Balaban J connectivity index is 2.84. The van der Waals surface area contributed by atoms with Gasteiger partial charge in [0.05, 0.1) is 24.5 Å². The van der Waals surface area contributed by atoms with Crippen molar-refractivity contribution in [3.8, 4) is 11.3 Å². The zero-order valence-corrected chi connectivity index (χ0v) is 10.8. The normalized spacial score (nSPS) is 10.5. The second-order valence-electron chi connectivity index (χ2n) is 4.02.